The SMILES string of the molecule is Cc1csc([C@H]2CCCN2C(=O)c2cc(C(=O)C[C@@H](Cc3ccccc3)[C@H](O)C3CCCC3)cc(C(F)F)c2)n1. The number of amides is 1. The van der Waals surface area contributed by atoms with Crippen LogP contribution in [0.1, 0.15) is 100.0 Å². The monoisotopic (exact) mass is 566 g/mol. The normalized spacial score (nSPS) is 19.3. The Labute approximate surface area is 238 Å². The zero-order chi connectivity index (χ0) is 28.2. The van der Waals surface area contributed by atoms with Gasteiger partial charge in [0.15, 0.2) is 5.78 Å². The van der Waals surface area contributed by atoms with Gasteiger partial charge in [-0.2, -0.15) is 0 Å². The first-order valence-corrected chi connectivity index (χ1v) is 15.1. The van der Waals surface area contributed by atoms with Crippen LogP contribution in [0.15, 0.2) is 53.9 Å². The number of aliphatic hydroxyl groups is 1. The fourth-order valence-electron chi connectivity index (χ4n) is 6.29. The van der Waals surface area contributed by atoms with Crippen molar-refractivity contribution in [1.29, 1.82) is 0 Å². The van der Waals surface area contributed by atoms with Gasteiger partial charge in [-0.3, -0.25) is 9.59 Å². The molecule has 1 amide bonds. The molecule has 0 bridgehead atoms. The number of hydrogen-bond donors (Lipinski definition) is 1. The fourth-order valence-corrected chi connectivity index (χ4v) is 7.23. The molecule has 2 aliphatic rings. The number of nitrogens with zero attached hydrogens (tertiary/aromatic N) is 2. The largest absolute Gasteiger partial charge is 0.393 e. The van der Waals surface area contributed by atoms with Crippen LogP contribution in [0.25, 0.3) is 0 Å². The number of likely N-dealkylation sites (tertiary alicyclic amines) is 1. The second kappa shape index (κ2) is 12.7. The molecule has 1 saturated carbocycles. The Hall–Kier alpha value is -2.97. The van der Waals surface area contributed by atoms with E-state index in [0.29, 0.717) is 13.0 Å². The first-order chi connectivity index (χ1) is 19.3. The number of rotatable bonds is 10. The minimum Gasteiger partial charge on any atom is -0.393 e. The summed E-state index contributed by atoms with van der Waals surface area (Å²) in [4.78, 5) is 33.5. The molecule has 1 aromatic heterocycles. The van der Waals surface area contributed by atoms with Gasteiger partial charge in [-0.15, -0.1) is 11.3 Å². The zero-order valence-electron chi connectivity index (χ0n) is 22.8. The Morgan fingerprint density at radius 3 is 2.45 bits per heavy atom. The number of alkyl halides is 2. The number of ketones is 1. The number of carbonyl (C=O) groups is 2. The van der Waals surface area contributed by atoms with E-state index in [0.717, 1.165) is 54.8 Å². The van der Waals surface area contributed by atoms with E-state index in [4.69, 9.17) is 0 Å². The van der Waals surface area contributed by atoms with Crippen LogP contribution in [0.2, 0.25) is 0 Å². The predicted octanol–water partition coefficient (Wildman–Crippen LogP) is 7.35. The van der Waals surface area contributed by atoms with Gasteiger partial charge in [-0.05, 0) is 74.6 Å². The van der Waals surface area contributed by atoms with Crippen molar-refractivity contribution in [3.63, 3.8) is 0 Å². The average Bonchev–Trinajstić information content (AvgIpc) is 3.74. The molecule has 0 spiro atoms. The van der Waals surface area contributed by atoms with Gasteiger partial charge >= 0.3 is 0 Å². The van der Waals surface area contributed by atoms with Crippen molar-refractivity contribution < 1.29 is 23.5 Å². The topological polar surface area (TPSA) is 70.5 Å². The summed E-state index contributed by atoms with van der Waals surface area (Å²) < 4.78 is 27.9. The minimum atomic E-state index is -2.82. The third-order valence-electron chi connectivity index (χ3n) is 8.37. The molecule has 2 aromatic carbocycles. The van der Waals surface area contributed by atoms with Crippen molar-refractivity contribution >= 4 is 23.0 Å². The van der Waals surface area contributed by atoms with Gasteiger partial charge in [-0.1, -0.05) is 43.2 Å². The number of aliphatic hydroxyl groups excluding tert-OH is 1. The highest BCUT2D eigenvalue weighted by molar-refractivity contribution is 7.09. The summed E-state index contributed by atoms with van der Waals surface area (Å²) in [7, 11) is 0. The number of hydrogen-bond acceptors (Lipinski definition) is 5. The summed E-state index contributed by atoms with van der Waals surface area (Å²) in [5, 5.41) is 14.1. The molecule has 3 aromatic rings. The van der Waals surface area contributed by atoms with Crippen LogP contribution >= 0.6 is 11.3 Å². The number of benzene rings is 2. The maximum atomic E-state index is 14.0. The fraction of sp³-hybridized carbons (Fsp3) is 0.469. The van der Waals surface area contributed by atoms with Crippen molar-refractivity contribution in [3.8, 4) is 0 Å². The summed E-state index contributed by atoms with van der Waals surface area (Å²) in [6.07, 6.45) is 2.62. The van der Waals surface area contributed by atoms with Crippen LogP contribution in [0.5, 0.6) is 0 Å². The van der Waals surface area contributed by atoms with E-state index in [1.807, 2.05) is 42.6 Å². The lowest BCUT2D eigenvalue weighted by atomic mass is 9.81. The lowest BCUT2D eigenvalue weighted by molar-refractivity contribution is 0.0456. The second-order valence-corrected chi connectivity index (χ2v) is 12.1. The van der Waals surface area contributed by atoms with Gasteiger partial charge in [0, 0.05) is 40.7 Å². The third-order valence-corrected chi connectivity index (χ3v) is 9.43. The molecule has 5 rings (SSSR count). The van der Waals surface area contributed by atoms with Gasteiger partial charge in [0.05, 0.1) is 12.1 Å². The van der Waals surface area contributed by atoms with E-state index in [2.05, 4.69) is 4.98 Å². The molecule has 2 heterocycles. The highest BCUT2D eigenvalue weighted by Crippen LogP contribution is 2.36. The van der Waals surface area contributed by atoms with Crippen LogP contribution in [0.3, 0.4) is 0 Å². The van der Waals surface area contributed by atoms with Gasteiger partial charge in [0.2, 0.25) is 0 Å². The summed E-state index contributed by atoms with van der Waals surface area (Å²) in [5.41, 5.74) is 1.76. The summed E-state index contributed by atoms with van der Waals surface area (Å²) in [6, 6.07) is 13.4. The van der Waals surface area contributed by atoms with E-state index in [-0.39, 0.29) is 52.7 Å². The maximum absolute atomic E-state index is 14.0. The van der Waals surface area contributed by atoms with Crippen LogP contribution in [-0.2, 0) is 6.42 Å². The molecule has 1 saturated heterocycles. The van der Waals surface area contributed by atoms with Gasteiger partial charge in [0.25, 0.3) is 12.3 Å². The molecule has 8 heteroatoms. The number of carbonyl (C=O) groups excluding carboxylic acids is 2. The Morgan fingerprint density at radius 1 is 1.05 bits per heavy atom. The molecule has 3 atom stereocenters. The summed E-state index contributed by atoms with van der Waals surface area (Å²) in [6.45, 7) is 2.41. The Kier molecular flexibility index (Phi) is 9.06. The Balaban J connectivity index is 1.41. The van der Waals surface area contributed by atoms with Gasteiger partial charge in [0.1, 0.15) is 5.01 Å². The zero-order valence-corrected chi connectivity index (χ0v) is 23.6. The van der Waals surface area contributed by atoms with Crippen LogP contribution in [-0.4, -0.2) is 39.3 Å². The molecule has 5 nitrogen and oxygen atoms in total. The van der Waals surface area contributed by atoms with Gasteiger partial charge in [-0.25, -0.2) is 13.8 Å². The molecule has 212 valence electrons. The lowest BCUT2D eigenvalue weighted by Crippen LogP contribution is -2.32. The third kappa shape index (κ3) is 6.50. The highest BCUT2D eigenvalue weighted by Gasteiger charge is 2.34. The Bertz CT molecular complexity index is 1320. The van der Waals surface area contributed by atoms with Crippen LogP contribution in [0.4, 0.5) is 8.78 Å². The number of thiazole rings is 1. The van der Waals surface area contributed by atoms with E-state index in [1.54, 1.807) is 4.90 Å². The summed E-state index contributed by atoms with van der Waals surface area (Å²) >= 11 is 1.50. The molecular formula is C32H36F2N2O3S. The number of aryl methyl sites for hydroxylation is 1. The maximum Gasteiger partial charge on any atom is 0.263 e. The molecule has 1 N–H and O–H groups in total. The predicted molar refractivity (Wildman–Crippen MR) is 152 cm³/mol. The molecule has 1 aliphatic heterocycles. The number of halogens is 2. The second-order valence-electron chi connectivity index (χ2n) is 11.2. The molecule has 0 radical (unpaired) electrons. The van der Waals surface area contributed by atoms with Crippen molar-refractivity contribution in [2.75, 3.05) is 6.54 Å². The molecule has 0 unspecified atom stereocenters. The van der Waals surface area contributed by atoms with E-state index in [9.17, 15) is 23.5 Å². The van der Waals surface area contributed by atoms with E-state index >= 15 is 0 Å². The van der Waals surface area contributed by atoms with Crippen molar-refractivity contribution in [3.05, 3.63) is 86.9 Å². The standard InChI is InChI=1S/C32H36F2N2O3S/c1-20-19-40-31(35-20)27-12-7-13-36(27)32(39)26-16-23(15-25(17-26)30(33)34)28(37)18-24(14-21-8-3-2-4-9-21)29(38)22-10-5-6-11-22/h2-4,8-9,15-17,19,22,24,27,29-30,38H,5-7,10-14,18H2,1H3/t24-,27-,29-/m1/s1. The number of aromatic nitrogens is 1. The van der Waals surface area contributed by atoms with Crippen LogP contribution in [0, 0.1) is 18.8 Å². The van der Waals surface area contributed by atoms with Crippen molar-refractivity contribution in [2.24, 2.45) is 11.8 Å². The number of Topliss-reactive ketones (excluding diaryl/α,β-unsaturated/α-hetero) is 1. The smallest absolute Gasteiger partial charge is 0.263 e. The quantitative estimate of drug-likeness (QED) is 0.261. The van der Waals surface area contributed by atoms with Gasteiger partial charge < -0.3 is 10.0 Å². The van der Waals surface area contributed by atoms with Crippen molar-refractivity contribution in [2.45, 2.75) is 76.9 Å². The van der Waals surface area contributed by atoms with Crippen molar-refractivity contribution in [1.82, 2.24) is 9.88 Å². The first kappa shape index (κ1) is 28.6. The average molecular weight is 567 g/mol. The minimum absolute atomic E-state index is 0.0254. The van der Waals surface area contributed by atoms with E-state index in [1.165, 1.54) is 29.5 Å². The first-order valence-electron chi connectivity index (χ1n) is 14.2. The van der Waals surface area contributed by atoms with E-state index < -0.39 is 12.5 Å². The molecule has 1 aliphatic carbocycles. The lowest BCUT2D eigenvalue weighted by Gasteiger charge is -2.27. The molecular weight excluding hydrogens is 530 g/mol. The van der Waals surface area contributed by atoms with Crippen LogP contribution < -0.4 is 0 Å². The highest BCUT2D eigenvalue weighted by atomic mass is 32.1. The molecule has 2 fully saturated rings. The molecule has 40 heavy (non-hydrogen) atoms. The summed E-state index contributed by atoms with van der Waals surface area (Å²) in [5.74, 6) is -0.905. The Morgan fingerprint density at radius 2 is 1.77 bits per heavy atom.